The lowest BCUT2D eigenvalue weighted by atomic mass is 9.99. The van der Waals surface area contributed by atoms with Crippen LogP contribution in [0, 0.1) is 10.7 Å². The number of hydrogen-bond donors (Lipinski definition) is 1. The molecule has 0 radical (unpaired) electrons. The van der Waals surface area contributed by atoms with Crippen molar-refractivity contribution >= 4 is 18.2 Å². The van der Waals surface area contributed by atoms with Gasteiger partial charge in [0.25, 0.3) is 0 Å². The number of ether oxygens (including phenoxy) is 1. The minimum Gasteiger partial charge on any atom is -0.466 e. The highest BCUT2D eigenvalue weighted by Gasteiger charge is 2.30. The van der Waals surface area contributed by atoms with Crippen molar-refractivity contribution in [2.45, 2.75) is 39.9 Å². The van der Waals surface area contributed by atoms with Crippen molar-refractivity contribution in [3.8, 4) is 11.4 Å². The summed E-state index contributed by atoms with van der Waals surface area (Å²) in [6.07, 6.45) is 5.44. The monoisotopic (exact) mass is 376 g/mol. The molecule has 0 spiro atoms. The van der Waals surface area contributed by atoms with Crippen molar-refractivity contribution < 1.29 is 14.4 Å². The summed E-state index contributed by atoms with van der Waals surface area (Å²) in [7, 11) is 0. The summed E-state index contributed by atoms with van der Waals surface area (Å²) in [5, 5.41) is 4.76. The molecule has 0 aliphatic carbocycles. The molecular weight excluding hydrogens is 350 g/mol. The molecule has 26 heavy (non-hydrogen) atoms. The zero-order chi connectivity index (χ0) is 18.5. The van der Waals surface area contributed by atoms with E-state index in [0.29, 0.717) is 18.0 Å². The van der Waals surface area contributed by atoms with Gasteiger partial charge >= 0.3 is 5.97 Å². The highest BCUT2D eigenvalue weighted by molar-refractivity contribution is 7.71. The molecule has 8 heteroatoms. The predicted octanol–water partition coefficient (Wildman–Crippen LogP) is 1.31. The Balaban J connectivity index is 1.79. The molecule has 1 N–H and O–H groups in total. The molecule has 2 atom stereocenters. The smallest absolute Gasteiger partial charge is 0.314 e. The van der Waals surface area contributed by atoms with Gasteiger partial charge in [0.05, 0.1) is 19.7 Å². The molecule has 0 aromatic carbocycles. The lowest BCUT2D eigenvalue weighted by molar-refractivity contribution is -0.930. The summed E-state index contributed by atoms with van der Waals surface area (Å²) in [5.74, 6) is 0.754. The zero-order valence-corrected chi connectivity index (χ0v) is 16.2. The minimum atomic E-state index is -0.0788. The summed E-state index contributed by atoms with van der Waals surface area (Å²) >= 11 is 5.65. The fourth-order valence-electron chi connectivity index (χ4n) is 3.51. The molecule has 2 aromatic heterocycles. The standard InChI is InChI=1S/C18H25N5O2S/c1-3-22-16(14-7-9-19-10-8-14)20-23(18(22)26)13-21-11-5-6-15(12-21)17(24)25-4-2/h7-10,15H,3-6,11-13H2,1-2H3/p+1/t15-/m1/s1. The van der Waals surface area contributed by atoms with E-state index in [1.807, 2.05) is 28.3 Å². The Bertz CT molecular complexity index is 802. The molecule has 2 aromatic rings. The molecule has 1 saturated heterocycles. The third kappa shape index (κ3) is 4.02. The van der Waals surface area contributed by atoms with Crippen LogP contribution < -0.4 is 4.90 Å². The third-order valence-corrected chi connectivity index (χ3v) is 5.22. The molecule has 0 bridgehead atoms. The summed E-state index contributed by atoms with van der Waals surface area (Å²) in [6, 6.07) is 3.89. The summed E-state index contributed by atoms with van der Waals surface area (Å²) in [6.45, 7) is 7.56. The van der Waals surface area contributed by atoms with Crippen LogP contribution in [0.2, 0.25) is 0 Å². The second-order valence-corrected chi connectivity index (χ2v) is 6.90. The first-order chi connectivity index (χ1) is 12.6. The number of rotatable bonds is 6. The van der Waals surface area contributed by atoms with Crippen LogP contribution in [-0.4, -0.2) is 45.0 Å². The van der Waals surface area contributed by atoms with E-state index in [2.05, 4.69) is 11.9 Å². The number of nitrogens with zero attached hydrogens (tertiary/aromatic N) is 4. The van der Waals surface area contributed by atoms with Crippen molar-refractivity contribution in [3.63, 3.8) is 0 Å². The molecule has 0 saturated carbocycles. The van der Waals surface area contributed by atoms with E-state index in [9.17, 15) is 4.79 Å². The van der Waals surface area contributed by atoms with Crippen LogP contribution in [0.25, 0.3) is 11.4 Å². The van der Waals surface area contributed by atoms with Crippen LogP contribution in [-0.2, 0) is 22.7 Å². The zero-order valence-electron chi connectivity index (χ0n) is 15.4. The van der Waals surface area contributed by atoms with Crippen molar-refractivity contribution in [1.29, 1.82) is 0 Å². The summed E-state index contributed by atoms with van der Waals surface area (Å²) < 4.78 is 9.83. The normalized spacial score (nSPS) is 20.1. The molecule has 1 unspecified atom stereocenters. The average Bonchev–Trinajstić information content (AvgIpc) is 2.98. The molecule has 140 valence electrons. The topological polar surface area (TPSA) is 66.4 Å². The number of carbonyl (C=O) groups excluding carboxylic acids is 1. The maximum Gasteiger partial charge on any atom is 0.314 e. The van der Waals surface area contributed by atoms with Gasteiger partial charge < -0.3 is 14.2 Å². The first kappa shape index (κ1) is 18.7. The molecule has 0 amide bonds. The molecule has 1 fully saturated rings. The maximum atomic E-state index is 12.1. The van der Waals surface area contributed by atoms with E-state index < -0.39 is 0 Å². The fourth-order valence-corrected chi connectivity index (χ4v) is 3.83. The van der Waals surface area contributed by atoms with Gasteiger partial charge in [-0.05, 0) is 51.0 Å². The molecule has 1 aliphatic rings. The second-order valence-electron chi connectivity index (χ2n) is 6.54. The van der Waals surface area contributed by atoms with Crippen LogP contribution in [0.1, 0.15) is 26.7 Å². The highest BCUT2D eigenvalue weighted by Crippen LogP contribution is 2.17. The number of likely N-dealkylation sites (tertiary alicyclic amines) is 1. The van der Waals surface area contributed by atoms with Crippen LogP contribution in [0.3, 0.4) is 0 Å². The van der Waals surface area contributed by atoms with Gasteiger partial charge in [0, 0.05) is 24.5 Å². The SMILES string of the molecule is CCOC(=O)[C@@H]1CCC[NH+](Cn2nc(-c3ccncc3)n(CC)c2=S)C1. The predicted molar refractivity (Wildman–Crippen MR) is 100 cm³/mol. The number of piperidine rings is 1. The third-order valence-electron chi connectivity index (χ3n) is 4.79. The van der Waals surface area contributed by atoms with Gasteiger partial charge in [-0.1, -0.05) is 0 Å². The van der Waals surface area contributed by atoms with Gasteiger partial charge in [0.1, 0.15) is 5.92 Å². The second kappa shape index (κ2) is 8.55. The van der Waals surface area contributed by atoms with Crippen molar-refractivity contribution in [2.24, 2.45) is 5.92 Å². The number of pyridine rings is 1. The lowest BCUT2D eigenvalue weighted by Gasteiger charge is -2.28. The van der Waals surface area contributed by atoms with Gasteiger partial charge in [-0.3, -0.25) is 9.78 Å². The first-order valence-corrected chi connectivity index (χ1v) is 9.63. The Labute approximate surface area is 158 Å². The minimum absolute atomic E-state index is 0.0270. The quantitative estimate of drug-likeness (QED) is 0.608. The number of quaternary nitrogens is 1. The Kier molecular flexibility index (Phi) is 6.16. The van der Waals surface area contributed by atoms with Crippen LogP contribution in [0.15, 0.2) is 24.5 Å². The lowest BCUT2D eigenvalue weighted by Crippen LogP contribution is -3.13. The van der Waals surface area contributed by atoms with Crippen LogP contribution in [0.5, 0.6) is 0 Å². The Morgan fingerprint density at radius 2 is 2.15 bits per heavy atom. The molecule has 3 heterocycles. The molecule has 1 aliphatic heterocycles. The van der Waals surface area contributed by atoms with Gasteiger partial charge in [-0.2, -0.15) is 4.68 Å². The molecule has 3 rings (SSSR count). The van der Waals surface area contributed by atoms with Gasteiger partial charge in [-0.15, -0.1) is 5.10 Å². The van der Waals surface area contributed by atoms with Crippen molar-refractivity contribution in [3.05, 3.63) is 29.3 Å². The number of nitrogens with one attached hydrogen (secondary N) is 1. The van der Waals surface area contributed by atoms with E-state index in [0.717, 1.165) is 43.9 Å². The largest absolute Gasteiger partial charge is 0.466 e. The van der Waals surface area contributed by atoms with E-state index in [1.54, 1.807) is 12.4 Å². The first-order valence-electron chi connectivity index (χ1n) is 9.22. The maximum absolute atomic E-state index is 12.1. The van der Waals surface area contributed by atoms with E-state index >= 15 is 0 Å². The number of carbonyl (C=O) groups is 1. The molecular formula is C18H26N5O2S+. The van der Waals surface area contributed by atoms with Gasteiger partial charge in [-0.25, -0.2) is 0 Å². The van der Waals surface area contributed by atoms with Gasteiger partial charge in [0.2, 0.25) is 4.77 Å². The Morgan fingerprint density at radius 1 is 1.38 bits per heavy atom. The van der Waals surface area contributed by atoms with Crippen molar-refractivity contribution in [2.75, 3.05) is 19.7 Å². The van der Waals surface area contributed by atoms with Crippen LogP contribution >= 0.6 is 12.2 Å². The Morgan fingerprint density at radius 3 is 2.85 bits per heavy atom. The van der Waals surface area contributed by atoms with E-state index in [1.165, 1.54) is 4.90 Å². The fraction of sp³-hybridized carbons (Fsp3) is 0.556. The van der Waals surface area contributed by atoms with E-state index in [4.69, 9.17) is 22.1 Å². The average molecular weight is 377 g/mol. The Hall–Kier alpha value is -2.06. The van der Waals surface area contributed by atoms with Crippen LogP contribution in [0.4, 0.5) is 0 Å². The number of hydrogen-bond acceptors (Lipinski definition) is 5. The number of aromatic nitrogens is 4. The molecule has 7 nitrogen and oxygen atoms in total. The summed E-state index contributed by atoms with van der Waals surface area (Å²) in [5.41, 5.74) is 1.00. The van der Waals surface area contributed by atoms with E-state index in [-0.39, 0.29) is 11.9 Å². The highest BCUT2D eigenvalue weighted by atomic mass is 32.1. The van der Waals surface area contributed by atoms with Crippen molar-refractivity contribution in [1.82, 2.24) is 19.3 Å². The number of esters is 1. The van der Waals surface area contributed by atoms with Gasteiger partial charge in [0.15, 0.2) is 12.5 Å². The summed E-state index contributed by atoms with van der Waals surface area (Å²) in [4.78, 5) is 17.4.